The van der Waals surface area contributed by atoms with Gasteiger partial charge in [-0.25, -0.2) is 4.79 Å². The Morgan fingerprint density at radius 1 is 1.08 bits per heavy atom. The Morgan fingerprint density at radius 3 is 2.27 bits per heavy atom. The number of hydrogen-bond donors (Lipinski definition) is 4. The summed E-state index contributed by atoms with van der Waals surface area (Å²) < 4.78 is 29.9. The molecule has 0 aromatic heterocycles. The number of aromatic hydroxyl groups is 1. The third kappa shape index (κ3) is 4.02. The van der Waals surface area contributed by atoms with Crippen molar-refractivity contribution >= 4 is 39.3 Å². The van der Waals surface area contributed by atoms with Gasteiger partial charge < -0.3 is 24.6 Å². The first kappa shape index (κ1) is 20.3. The third-order valence-corrected chi connectivity index (χ3v) is 5.09. The molecule has 11 heteroatoms. The van der Waals surface area contributed by atoms with Crippen LogP contribution in [0.1, 0.15) is 21.5 Å². The van der Waals surface area contributed by atoms with Gasteiger partial charge in [0, 0.05) is 10.6 Å². The van der Waals surface area contributed by atoms with Crippen LogP contribution in [0.5, 0.6) is 11.5 Å². The van der Waals surface area contributed by atoms with Crippen molar-refractivity contribution in [3.8, 4) is 11.5 Å². The van der Waals surface area contributed by atoms with Crippen molar-refractivity contribution in [3.05, 3.63) is 51.0 Å². The van der Waals surface area contributed by atoms with E-state index in [0.717, 1.165) is 24.3 Å². The van der Waals surface area contributed by atoms with Gasteiger partial charge in [0.1, 0.15) is 5.75 Å². The topological polar surface area (TPSA) is 141 Å². The zero-order chi connectivity index (χ0) is 19.6. The lowest BCUT2D eigenvalue weighted by Crippen LogP contribution is -2.13. The van der Waals surface area contributed by atoms with Gasteiger partial charge in [0.2, 0.25) is 0 Å². The summed E-state index contributed by atoms with van der Waals surface area (Å²) in [6.45, 7) is -1.40. The van der Waals surface area contributed by atoms with Crippen molar-refractivity contribution in [3.63, 3.8) is 0 Å². The van der Waals surface area contributed by atoms with Crippen molar-refractivity contribution in [1.82, 2.24) is 0 Å². The van der Waals surface area contributed by atoms with Crippen LogP contribution < -0.4 is 4.18 Å². The number of hydrogen-bond acceptors (Lipinski definition) is 7. The number of aromatic carboxylic acids is 1. The molecule has 2 aromatic rings. The molecule has 0 aliphatic heterocycles. The van der Waals surface area contributed by atoms with Gasteiger partial charge in [-0.15, -0.1) is 0 Å². The number of carboxylic acids is 1. The Kier molecular flexibility index (Phi) is 5.99. The van der Waals surface area contributed by atoms with E-state index in [1.165, 1.54) is 0 Å². The average Bonchev–Trinajstić information content (AvgIpc) is 2.56. The third-order valence-electron chi connectivity index (χ3n) is 3.34. The molecule has 2 aromatic carbocycles. The van der Waals surface area contributed by atoms with Gasteiger partial charge in [-0.3, -0.25) is 0 Å². The van der Waals surface area contributed by atoms with Crippen LogP contribution in [-0.4, -0.2) is 34.8 Å². The van der Waals surface area contributed by atoms with E-state index in [-0.39, 0.29) is 26.7 Å². The molecule has 26 heavy (non-hydrogen) atoms. The van der Waals surface area contributed by atoms with Crippen LogP contribution in [0.3, 0.4) is 0 Å². The highest BCUT2D eigenvalue weighted by Crippen LogP contribution is 2.36. The summed E-state index contributed by atoms with van der Waals surface area (Å²) in [6.07, 6.45) is 0. The molecule has 0 radical (unpaired) electrons. The summed E-state index contributed by atoms with van der Waals surface area (Å²) >= 11 is 11.4. The highest BCUT2D eigenvalue weighted by molar-refractivity contribution is 7.87. The lowest BCUT2D eigenvalue weighted by atomic mass is 10.0. The van der Waals surface area contributed by atoms with E-state index in [2.05, 4.69) is 0 Å². The van der Waals surface area contributed by atoms with E-state index in [4.69, 9.17) is 32.5 Å². The predicted molar refractivity (Wildman–Crippen MR) is 91.2 cm³/mol. The molecular formula is C15H12Cl2O8S. The number of benzene rings is 2. The van der Waals surface area contributed by atoms with Crippen molar-refractivity contribution in [1.29, 1.82) is 0 Å². The second-order valence-corrected chi connectivity index (χ2v) is 7.36. The molecule has 0 heterocycles. The Hall–Kier alpha value is -2.04. The second kappa shape index (κ2) is 7.68. The quantitative estimate of drug-likeness (QED) is 0.518. The maximum absolute atomic E-state index is 12.5. The summed E-state index contributed by atoms with van der Waals surface area (Å²) in [7, 11) is -4.69. The van der Waals surface area contributed by atoms with E-state index in [9.17, 15) is 28.5 Å². The minimum Gasteiger partial charge on any atom is -0.505 e. The molecular weight excluding hydrogens is 411 g/mol. The fourth-order valence-corrected chi connectivity index (χ4v) is 3.82. The Balaban J connectivity index is 2.63. The van der Waals surface area contributed by atoms with Crippen LogP contribution in [0.2, 0.25) is 10.0 Å². The van der Waals surface area contributed by atoms with Crippen LogP contribution in [0, 0.1) is 0 Å². The number of aliphatic hydroxyl groups excluding tert-OH is 2. The van der Waals surface area contributed by atoms with Crippen molar-refractivity contribution < 1.29 is 37.8 Å². The van der Waals surface area contributed by atoms with Gasteiger partial charge in [-0.05, 0) is 29.8 Å². The Bertz CT molecular complexity index is 972. The highest BCUT2D eigenvalue weighted by atomic mass is 35.5. The first-order valence-electron chi connectivity index (χ1n) is 6.84. The SMILES string of the molecule is O=C(O)c1cc(CO)c(CO)c(OS(=O)(=O)c2cc(Cl)cc(Cl)c2O)c1. The molecule has 4 N–H and O–H groups in total. The highest BCUT2D eigenvalue weighted by Gasteiger charge is 2.26. The number of aliphatic hydroxyl groups is 2. The van der Waals surface area contributed by atoms with E-state index >= 15 is 0 Å². The fraction of sp³-hybridized carbons (Fsp3) is 0.133. The largest absolute Gasteiger partial charge is 0.505 e. The number of rotatable bonds is 6. The Morgan fingerprint density at radius 2 is 1.73 bits per heavy atom. The van der Waals surface area contributed by atoms with Gasteiger partial charge >= 0.3 is 16.1 Å². The lowest BCUT2D eigenvalue weighted by Gasteiger charge is -2.15. The number of carbonyl (C=O) groups is 1. The normalized spacial score (nSPS) is 11.4. The summed E-state index contributed by atoms with van der Waals surface area (Å²) in [5.74, 6) is -2.73. The molecule has 140 valence electrons. The molecule has 8 nitrogen and oxygen atoms in total. The molecule has 0 atom stereocenters. The molecule has 0 saturated heterocycles. The number of phenolic OH excluding ortho intramolecular Hbond substituents is 1. The molecule has 0 unspecified atom stereocenters. The fourth-order valence-electron chi connectivity index (χ4n) is 2.12. The standard InChI is InChI=1S/C15H12Cl2O8S/c16-9-3-11(17)14(20)13(4-9)26(23,24)25-12-2-7(15(21)22)1-8(5-18)10(12)6-19/h1-4,18-20H,5-6H2,(H,21,22). The summed E-state index contributed by atoms with van der Waals surface area (Å²) in [6, 6.07) is 3.95. The van der Waals surface area contributed by atoms with Crippen LogP contribution in [0.4, 0.5) is 0 Å². The lowest BCUT2D eigenvalue weighted by molar-refractivity contribution is 0.0696. The average molecular weight is 423 g/mol. The first-order valence-corrected chi connectivity index (χ1v) is 9.00. The molecule has 0 saturated carbocycles. The zero-order valence-electron chi connectivity index (χ0n) is 12.8. The van der Waals surface area contributed by atoms with E-state index < -0.39 is 45.7 Å². The molecule has 0 spiro atoms. The monoisotopic (exact) mass is 422 g/mol. The van der Waals surface area contributed by atoms with Gasteiger partial charge in [0.15, 0.2) is 10.6 Å². The van der Waals surface area contributed by atoms with E-state index in [1.807, 2.05) is 0 Å². The van der Waals surface area contributed by atoms with Gasteiger partial charge in [-0.1, -0.05) is 23.2 Å². The molecule has 0 fully saturated rings. The van der Waals surface area contributed by atoms with Crippen molar-refractivity contribution in [2.75, 3.05) is 0 Å². The molecule has 0 aliphatic rings. The van der Waals surface area contributed by atoms with Crippen molar-refractivity contribution in [2.24, 2.45) is 0 Å². The molecule has 2 rings (SSSR count). The maximum Gasteiger partial charge on any atom is 0.343 e. The minimum absolute atomic E-state index is 0.0362. The molecule has 0 aliphatic carbocycles. The summed E-state index contributed by atoms with van der Waals surface area (Å²) in [5, 5.41) is 37.3. The smallest absolute Gasteiger partial charge is 0.343 e. The van der Waals surface area contributed by atoms with Gasteiger partial charge in [-0.2, -0.15) is 8.42 Å². The number of carboxylic acid groups (broad SMARTS) is 1. The van der Waals surface area contributed by atoms with Crippen LogP contribution >= 0.6 is 23.2 Å². The molecule has 0 amide bonds. The van der Waals surface area contributed by atoms with E-state index in [0.29, 0.717) is 0 Å². The summed E-state index contributed by atoms with van der Waals surface area (Å²) in [5.41, 5.74) is -0.538. The van der Waals surface area contributed by atoms with Crippen LogP contribution in [0.25, 0.3) is 0 Å². The zero-order valence-corrected chi connectivity index (χ0v) is 15.1. The number of halogens is 2. The second-order valence-electron chi connectivity index (χ2n) is 5.01. The summed E-state index contributed by atoms with van der Waals surface area (Å²) in [4.78, 5) is 10.4. The maximum atomic E-state index is 12.5. The first-order chi connectivity index (χ1) is 12.1. The van der Waals surface area contributed by atoms with Gasteiger partial charge in [0.25, 0.3) is 0 Å². The van der Waals surface area contributed by atoms with E-state index in [1.54, 1.807) is 0 Å². The Labute approximate surface area is 157 Å². The minimum atomic E-state index is -4.69. The van der Waals surface area contributed by atoms with Crippen molar-refractivity contribution in [2.45, 2.75) is 18.1 Å². The molecule has 0 bridgehead atoms. The number of phenols is 1. The van der Waals surface area contributed by atoms with Crippen LogP contribution in [-0.2, 0) is 23.3 Å². The van der Waals surface area contributed by atoms with Crippen LogP contribution in [0.15, 0.2) is 29.2 Å². The van der Waals surface area contributed by atoms with Gasteiger partial charge in [0.05, 0.1) is 23.8 Å². The predicted octanol–water partition coefficient (Wildman–Crippen LogP) is 2.15.